The Hall–Kier alpha value is -6.09. The van der Waals surface area contributed by atoms with Crippen LogP contribution in [0.25, 0.3) is 60.9 Å². The highest BCUT2D eigenvalue weighted by molar-refractivity contribution is 7.99. The Morgan fingerprint density at radius 1 is 0.373 bits per heavy atom. The van der Waals surface area contributed by atoms with Gasteiger partial charge in [0.25, 0.3) is 0 Å². The molecule has 0 amide bonds. The molecule has 1 aromatic heterocycles. The van der Waals surface area contributed by atoms with Crippen LogP contribution in [0, 0.1) is 0 Å². The zero-order chi connectivity index (χ0) is 33.5. The maximum atomic E-state index is 2.51. The van der Waals surface area contributed by atoms with Crippen LogP contribution in [0.15, 0.2) is 198 Å². The largest absolute Gasteiger partial charge is 0.309 e. The molecule has 0 aliphatic carbocycles. The average Bonchev–Trinajstić information content (AvgIpc) is 3.55. The van der Waals surface area contributed by atoms with Crippen molar-refractivity contribution in [2.45, 2.75) is 15.2 Å². The lowest BCUT2D eigenvalue weighted by molar-refractivity contribution is 0.690. The fourth-order valence-corrected chi connectivity index (χ4v) is 10.2. The highest BCUT2D eigenvalue weighted by Gasteiger charge is 2.49. The van der Waals surface area contributed by atoms with E-state index in [0.29, 0.717) is 0 Å². The number of hydrogen-bond acceptors (Lipinski definition) is 1. The van der Waals surface area contributed by atoms with Crippen molar-refractivity contribution in [1.82, 2.24) is 4.57 Å². The molecule has 1 atom stereocenters. The Kier molecular flexibility index (Phi) is 6.17. The van der Waals surface area contributed by atoms with Gasteiger partial charge in [0, 0.05) is 20.6 Å². The minimum Gasteiger partial charge on any atom is -0.309 e. The fourth-order valence-electron chi connectivity index (χ4n) is 8.90. The van der Waals surface area contributed by atoms with Gasteiger partial charge >= 0.3 is 0 Å². The second-order valence-electron chi connectivity index (χ2n) is 13.6. The molecule has 0 bridgehead atoms. The summed E-state index contributed by atoms with van der Waals surface area (Å²) in [6, 6.07) is 69.6. The molecule has 1 spiro atoms. The summed E-state index contributed by atoms with van der Waals surface area (Å²) < 4.78 is 2.51. The predicted octanol–water partition coefficient (Wildman–Crippen LogP) is 12.9. The molecule has 2 heteroatoms. The Bertz CT molecular complexity index is 2810. The van der Waals surface area contributed by atoms with Gasteiger partial charge in [-0.2, -0.15) is 0 Å². The summed E-state index contributed by atoms with van der Waals surface area (Å²) in [5, 5.41) is 2.60. The molecule has 11 rings (SSSR count). The molecule has 1 nitrogen and oxygen atoms in total. The third kappa shape index (κ3) is 4.00. The standard InChI is InChI=1S/C49H31NS/c1-2-12-32(13-3-1)33-24-26-34(27-25-33)35-28-30-36(31-29-35)37-15-10-20-43-48(37)51-46-23-9-6-18-41(46)49(43)40-17-5-8-22-45(40)50-44-21-7-4-14-38(44)39-16-11-19-42(49)47(39)50/h1-31H. The SMILES string of the molecule is c1ccc(-c2ccc(-c3ccc(-c4cccc5c4Sc4ccccc4C54c5ccccc5-n5c6ccccc6c6cccc4c65)cc3)cc2)cc1. The average molecular weight is 666 g/mol. The van der Waals surface area contributed by atoms with Crippen LogP contribution in [0.5, 0.6) is 0 Å². The summed E-state index contributed by atoms with van der Waals surface area (Å²) in [5.74, 6) is 0. The van der Waals surface area contributed by atoms with Crippen molar-refractivity contribution >= 4 is 33.6 Å². The highest BCUT2D eigenvalue weighted by Crippen LogP contribution is 2.61. The Morgan fingerprint density at radius 2 is 0.922 bits per heavy atom. The van der Waals surface area contributed by atoms with Gasteiger partial charge in [0.2, 0.25) is 0 Å². The number of rotatable bonds is 3. The summed E-state index contributed by atoms with van der Waals surface area (Å²) in [4.78, 5) is 2.64. The molecule has 0 N–H and O–H groups in total. The van der Waals surface area contributed by atoms with E-state index in [2.05, 4.69) is 193 Å². The van der Waals surface area contributed by atoms with Crippen LogP contribution in [0.3, 0.4) is 0 Å². The lowest BCUT2D eigenvalue weighted by Crippen LogP contribution is -2.37. The van der Waals surface area contributed by atoms with E-state index in [9.17, 15) is 0 Å². The first-order valence-corrected chi connectivity index (χ1v) is 18.4. The van der Waals surface area contributed by atoms with E-state index in [0.717, 1.165) is 0 Å². The van der Waals surface area contributed by atoms with E-state index in [1.807, 2.05) is 11.8 Å². The van der Waals surface area contributed by atoms with E-state index >= 15 is 0 Å². The van der Waals surface area contributed by atoms with Crippen molar-refractivity contribution in [3.63, 3.8) is 0 Å². The third-order valence-electron chi connectivity index (χ3n) is 11.1. The van der Waals surface area contributed by atoms with Crippen LogP contribution in [-0.4, -0.2) is 4.57 Å². The van der Waals surface area contributed by atoms with Gasteiger partial charge in [-0.25, -0.2) is 0 Å². The molecular formula is C49H31NS. The molecule has 238 valence electrons. The first-order valence-electron chi connectivity index (χ1n) is 17.6. The lowest BCUT2D eigenvalue weighted by Gasteiger charge is -2.45. The number of fused-ring (bicyclic) bond motifs is 11. The van der Waals surface area contributed by atoms with Crippen molar-refractivity contribution in [2.24, 2.45) is 0 Å². The molecule has 0 radical (unpaired) electrons. The normalized spacial score (nSPS) is 15.5. The number of benzene rings is 8. The minimum absolute atomic E-state index is 0.478. The topological polar surface area (TPSA) is 4.93 Å². The first-order chi connectivity index (χ1) is 25.3. The van der Waals surface area contributed by atoms with Crippen molar-refractivity contribution in [1.29, 1.82) is 0 Å². The Labute approximate surface area is 301 Å². The van der Waals surface area contributed by atoms with Crippen molar-refractivity contribution in [3.8, 4) is 39.1 Å². The van der Waals surface area contributed by atoms with Crippen LogP contribution in [0.2, 0.25) is 0 Å². The van der Waals surface area contributed by atoms with E-state index in [1.165, 1.54) is 92.9 Å². The Balaban J connectivity index is 1.12. The molecule has 51 heavy (non-hydrogen) atoms. The zero-order valence-corrected chi connectivity index (χ0v) is 28.6. The molecule has 0 saturated heterocycles. The molecule has 8 aromatic carbocycles. The Morgan fingerprint density at radius 3 is 1.71 bits per heavy atom. The molecule has 1 unspecified atom stereocenters. The van der Waals surface area contributed by atoms with Crippen LogP contribution >= 0.6 is 11.8 Å². The summed E-state index contributed by atoms with van der Waals surface area (Å²) in [5.41, 5.74) is 16.1. The monoisotopic (exact) mass is 665 g/mol. The predicted molar refractivity (Wildman–Crippen MR) is 213 cm³/mol. The van der Waals surface area contributed by atoms with E-state index in [4.69, 9.17) is 0 Å². The molecule has 0 saturated carbocycles. The van der Waals surface area contributed by atoms with Crippen molar-refractivity contribution in [2.75, 3.05) is 0 Å². The van der Waals surface area contributed by atoms with Gasteiger partial charge in [-0.05, 0) is 73.8 Å². The van der Waals surface area contributed by atoms with Crippen LogP contribution < -0.4 is 0 Å². The van der Waals surface area contributed by atoms with E-state index < -0.39 is 5.41 Å². The van der Waals surface area contributed by atoms with Gasteiger partial charge in [0.1, 0.15) is 0 Å². The second-order valence-corrected chi connectivity index (χ2v) is 14.7. The van der Waals surface area contributed by atoms with E-state index in [1.54, 1.807) is 0 Å². The maximum Gasteiger partial charge on any atom is 0.0764 e. The van der Waals surface area contributed by atoms with E-state index in [-0.39, 0.29) is 0 Å². The molecule has 9 aromatic rings. The quantitative estimate of drug-likeness (QED) is 0.182. The second kappa shape index (κ2) is 11.0. The third-order valence-corrected chi connectivity index (χ3v) is 12.3. The van der Waals surface area contributed by atoms with Gasteiger partial charge in [-0.3, -0.25) is 0 Å². The minimum atomic E-state index is -0.478. The van der Waals surface area contributed by atoms with Crippen molar-refractivity contribution < 1.29 is 0 Å². The summed E-state index contributed by atoms with van der Waals surface area (Å²) >= 11 is 1.92. The maximum absolute atomic E-state index is 2.51. The smallest absolute Gasteiger partial charge is 0.0764 e. The number of aromatic nitrogens is 1. The summed E-state index contributed by atoms with van der Waals surface area (Å²) in [6.07, 6.45) is 0. The zero-order valence-electron chi connectivity index (χ0n) is 27.8. The van der Waals surface area contributed by atoms with Crippen molar-refractivity contribution in [3.05, 3.63) is 210 Å². The molecule has 2 aliphatic rings. The first kappa shape index (κ1) is 28.7. The number of hydrogen-bond donors (Lipinski definition) is 0. The van der Waals surface area contributed by atoms with Gasteiger partial charge in [0.05, 0.1) is 22.1 Å². The number of para-hydroxylation sites is 3. The lowest BCUT2D eigenvalue weighted by atomic mass is 9.62. The van der Waals surface area contributed by atoms with Gasteiger partial charge in [-0.15, -0.1) is 0 Å². The fraction of sp³-hybridized carbons (Fsp3) is 0.0204. The van der Waals surface area contributed by atoms with Gasteiger partial charge in [0.15, 0.2) is 0 Å². The summed E-state index contributed by atoms with van der Waals surface area (Å²) in [6.45, 7) is 0. The van der Waals surface area contributed by atoms with Crippen LogP contribution in [-0.2, 0) is 5.41 Å². The summed E-state index contributed by atoms with van der Waals surface area (Å²) in [7, 11) is 0. The molecule has 0 fully saturated rings. The number of nitrogens with zero attached hydrogens (tertiary/aromatic N) is 1. The molecule has 2 aliphatic heterocycles. The van der Waals surface area contributed by atoms with Crippen LogP contribution in [0.4, 0.5) is 0 Å². The van der Waals surface area contributed by atoms with Gasteiger partial charge < -0.3 is 4.57 Å². The molecule has 3 heterocycles. The van der Waals surface area contributed by atoms with Crippen LogP contribution in [0.1, 0.15) is 22.3 Å². The van der Waals surface area contributed by atoms with Gasteiger partial charge in [-0.1, -0.05) is 182 Å². The highest BCUT2D eigenvalue weighted by atomic mass is 32.2. The molecular weight excluding hydrogens is 635 g/mol.